The number of methoxy groups -OCH3 is 1. The van der Waals surface area contributed by atoms with Gasteiger partial charge >= 0.3 is 12.1 Å². The van der Waals surface area contributed by atoms with Gasteiger partial charge in [0.05, 0.1) is 18.2 Å². The molecular formula is C26H22F4N4O4S. The molecule has 8 nitrogen and oxygen atoms in total. The number of hydrogen-bond donors (Lipinski definition) is 3. The summed E-state index contributed by atoms with van der Waals surface area (Å²) in [6.45, 7) is 0. The van der Waals surface area contributed by atoms with Crippen molar-refractivity contribution in [2.75, 3.05) is 7.11 Å². The van der Waals surface area contributed by atoms with Crippen LogP contribution in [0.1, 0.15) is 24.3 Å². The zero-order chi connectivity index (χ0) is 28.1. The van der Waals surface area contributed by atoms with Gasteiger partial charge in [0.25, 0.3) is 0 Å². The molecule has 13 heteroatoms. The van der Waals surface area contributed by atoms with E-state index in [1.807, 2.05) is 37.5 Å². The molecule has 4 aromatic heterocycles. The van der Waals surface area contributed by atoms with Crippen LogP contribution in [0.4, 0.5) is 17.6 Å². The number of halogens is 4. The summed E-state index contributed by atoms with van der Waals surface area (Å²) in [5.41, 5.74) is 3.10. The Morgan fingerprint density at radius 2 is 1.90 bits per heavy atom. The van der Waals surface area contributed by atoms with Crippen LogP contribution in [0.2, 0.25) is 0 Å². The van der Waals surface area contributed by atoms with Crippen LogP contribution in [0.25, 0.3) is 43.6 Å². The van der Waals surface area contributed by atoms with E-state index in [1.165, 1.54) is 17.5 Å². The highest BCUT2D eigenvalue weighted by atomic mass is 32.1. The molecule has 1 saturated carbocycles. The number of rotatable bonds is 4. The van der Waals surface area contributed by atoms with Gasteiger partial charge in [-0.2, -0.15) is 13.2 Å². The second kappa shape index (κ2) is 9.65. The average molecular weight is 563 g/mol. The molecule has 0 amide bonds. The summed E-state index contributed by atoms with van der Waals surface area (Å²) in [5.74, 6) is -2.39. The van der Waals surface area contributed by atoms with Gasteiger partial charge in [-0.25, -0.2) is 19.2 Å². The number of aromatic nitrogens is 4. The quantitative estimate of drug-likeness (QED) is 0.232. The van der Waals surface area contributed by atoms with E-state index in [-0.39, 0.29) is 0 Å². The summed E-state index contributed by atoms with van der Waals surface area (Å²) in [5, 5.41) is 20.1. The molecule has 0 saturated heterocycles. The molecule has 1 aliphatic rings. The number of carbonyl (C=O) groups is 1. The number of nitrogens with zero attached hydrogens (tertiary/aromatic N) is 3. The van der Waals surface area contributed by atoms with Crippen molar-refractivity contribution in [3.63, 3.8) is 0 Å². The van der Waals surface area contributed by atoms with Crippen molar-refractivity contribution >= 4 is 39.2 Å². The molecule has 0 radical (unpaired) electrons. The highest BCUT2D eigenvalue weighted by Gasteiger charge is 2.39. The lowest BCUT2D eigenvalue weighted by molar-refractivity contribution is -0.192. The molecule has 3 N–H and O–H groups in total. The van der Waals surface area contributed by atoms with E-state index in [0.29, 0.717) is 39.3 Å². The monoisotopic (exact) mass is 562 g/mol. The Labute approximate surface area is 222 Å². The van der Waals surface area contributed by atoms with Crippen molar-refractivity contribution in [2.45, 2.75) is 31.0 Å². The van der Waals surface area contributed by atoms with E-state index in [0.717, 1.165) is 34.3 Å². The molecule has 1 aromatic carbocycles. The van der Waals surface area contributed by atoms with Crippen LogP contribution in [0, 0.1) is 5.82 Å². The highest BCUT2D eigenvalue weighted by Crippen LogP contribution is 2.45. The van der Waals surface area contributed by atoms with Crippen molar-refractivity contribution in [1.82, 2.24) is 19.5 Å². The molecule has 5 aromatic rings. The zero-order valence-corrected chi connectivity index (χ0v) is 21.5. The summed E-state index contributed by atoms with van der Waals surface area (Å²) in [6, 6.07) is 7.89. The van der Waals surface area contributed by atoms with Gasteiger partial charge in [0.15, 0.2) is 5.82 Å². The van der Waals surface area contributed by atoms with Crippen molar-refractivity contribution < 1.29 is 37.3 Å². The fraction of sp³-hybridized carbons (Fsp3) is 0.269. The number of carboxylic acid groups (broad SMARTS) is 1. The molecule has 0 unspecified atom stereocenters. The number of H-pyrrole nitrogens is 1. The predicted molar refractivity (Wildman–Crippen MR) is 137 cm³/mol. The first-order chi connectivity index (χ1) is 18.4. The van der Waals surface area contributed by atoms with Crippen LogP contribution in [0.5, 0.6) is 5.75 Å². The third-order valence-corrected chi connectivity index (χ3v) is 7.88. The summed E-state index contributed by atoms with van der Waals surface area (Å²) in [6.07, 6.45) is 2.24. The minimum absolute atomic E-state index is 0.404. The van der Waals surface area contributed by atoms with Gasteiger partial charge in [0.2, 0.25) is 0 Å². The van der Waals surface area contributed by atoms with Gasteiger partial charge in [-0.15, -0.1) is 11.3 Å². The first kappa shape index (κ1) is 26.6. The number of thiazole rings is 1. The maximum Gasteiger partial charge on any atom is 0.490 e. The number of carboxylic acids is 1. The Bertz CT molecular complexity index is 1700. The smallest absolute Gasteiger partial charge is 0.490 e. The van der Waals surface area contributed by atoms with Gasteiger partial charge in [0, 0.05) is 52.6 Å². The van der Waals surface area contributed by atoms with Crippen LogP contribution in [0.3, 0.4) is 0 Å². The highest BCUT2D eigenvalue weighted by molar-refractivity contribution is 7.15. The van der Waals surface area contributed by atoms with E-state index in [2.05, 4.69) is 19.5 Å². The molecule has 0 atom stereocenters. The minimum atomic E-state index is -5.08. The van der Waals surface area contributed by atoms with E-state index < -0.39 is 23.6 Å². The second-order valence-electron chi connectivity index (χ2n) is 9.18. The molecule has 0 spiro atoms. The largest absolute Gasteiger partial charge is 0.497 e. The number of pyridine rings is 1. The van der Waals surface area contributed by atoms with Crippen LogP contribution in [-0.2, 0) is 17.4 Å². The molecule has 1 fully saturated rings. The van der Waals surface area contributed by atoms with Gasteiger partial charge in [-0.1, -0.05) is 0 Å². The SMILES string of the molecule is COc1ccc2c(c1)c(-c1cc3c(-c4cnc(C5(O)CCC5)s4)c(F)cnc3[nH]1)cn2C.O=C(O)C(F)(F)F. The minimum Gasteiger partial charge on any atom is -0.497 e. The molecule has 0 bridgehead atoms. The normalized spacial score (nSPS) is 14.6. The Morgan fingerprint density at radius 1 is 1.18 bits per heavy atom. The van der Waals surface area contributed by atoms with E-state index in [4.69, 9.17) is 14.6 Å². The lowest BCUT2D eigenvalue weighted by Crippen LogP contribution is -2.33. The number of benzene rings is 1. The summed E-state index contributed by atoms with van der Waals surface area (Å²) in [7, 11) is 3.64. The maximum atomic E-state index is 15.0. The summed E-state index contributed by atoms with van der Waals surface area (Å²) >= 11 is 1.35. The van der Waals surface area contributed by atoms with Crippen molar-refractivity contribution in [1.29, 1.82) is 0 Å². The molecule has 1 aliphatic carbocycles. The lowest BCUT2D eigenvalue weighted by atomic mass is 9.81. The first-order valence-electron chi connectivity index (χ1n) is 11.7. The maximum absolute atomic E-state index is 15.0. The number of fused-ring (bicyclic) bond motifs is 2. The van der Waals surface area contributed by atoms with Crippen molar-refractivity contribution in [3.05, 3.63) is 53.7 Å². The van der Waals surface area contributed by atoms with Crippen molar-refractivity contribution in [2.24, 2.45) is 7.05 Å². The fourth-order valence-corrected chi connectivity index (χ4v) is 5.61. The summed E-state index contributed by atoms with van der Waals surface area (Å²) in [4.78, 5) is 21.6. The van der Waals surface area contributed by atoms with Gasteiger partial charge < -0.3 is 24.5 Å². The number of alkyl halides is 3. The topological polar surface area (TPSA) is 113 Å². The number of aliphatic hydroxyl groups is 1. The molecule has 6 rings (SSSR count). The third-order valence-electron chi connectivity index (χ3n) is 6.67. The molecule has 0 aliphatic heterocycles. The summed E-state index contributed by atoms with van der Waals surface area (Å²) < 4.78 is 54.2. The average Bonchev–Trinajstić information content (AvgIpc) is 3.59. The number of ether oxygens (including phenoxy) is 1. The van der Waals surface area contributed by atoms with Crippen LogP contribution < -0.4 is 4.74 Å². The molecule has 204 valence electrons. The van der Waals surface area contributed by atoms with E-state index >= 15 is 0 Å². The van der Waals surface area contributed by atoms with Gasteiger partial charge in [0.1, 0.15) is 22.0 Å². The van der Waals surface area contributed by atoms with E-state index in [9.17, 15) is 22.7 Å². The van der Waals surface area contributed by atoms with E-state index in [1.54, 1.807) is 13.3 Å². The zero-order valence-electron chi connectivity index (χ0n) is 20.6. The van der Waals surface area contributed by atoms with Gasteiger partial charge in [-0.3, -0.25) is 0 Å². The molecule has 4 heterocycles. The number of aliphatic carboxylic acids is 1. The Balaban J connectivity index is 0.000000392. The van der Waals surface area contributed by atoms with Crippen molar-refractivity contribution in [3.8, 4) is 27.4 Å². The number of aromatic amines is 1. The van der Waals surface area contributed by atoms with Crippen LogP contribution in [-0.4, -0.2) is 49.0 Å². The van der Waals surface area contributed by atoms with Gasteiger partial charge in [-0.05, 0) is 43.5 Å². The number of aryl methyl sites for hydroxylation is 1. The number of nitrogens with one attached hydrogen (secondary N) is 1. The molecular weight excluding hydrogens is 540 g/mol. The lowest BCUT2D eigenvalue weighted by Gasteiger charge is -2.34. The third kappa shape index (κ3) is 4.83. The molecule has 39 heavy (non-hydrogen) atoms. The van der Waals surface area contributed by atoms with Crippen LogP contribution in [0.15, 0.2) is 42.9 Å². The Morgan fingerprint density at radius 3 is 2.51 bits per heavy atom. The first-order valence-corrected chi connectivity index (χ1v) is 12.5. The standard InChI is InChI=1S/C24H21FN4O2S.C2HF3O2/c1-29-12-16(14-8-13(31-2)4-5-19(14)29)18-9-15-21(17(25)10-26-22(15)28-18)20-11-27-23(32-20)24(30)6-3-7-24;3-2(4,5)1(6)7/h4-5,8-12,30H,3,6-7H2,1-2H3,(H,26,28);(H,6,7). The fourth-order valence-electron chi connectivity index (χ4n) is 4.49. The predicted octanol–water partition coefficient (Wildman–Crippen LogP) is 6.00. The number of hydrogen-bond acceptors (Lipinski definition) is 6. The second-order valence-corrected chi connectivity index (χ2v) is 10.2. The Hall–Kier alpha value is -3.97. The Kier molecular flexibility index (Phi) is 6.59. The van der Waals surface area contributed by atoms with Crippen LogP contribution >= 0.6 is 11.3 Å².